The van der Waals surface area contributed by atoms with Gasteiger partial charge in [0, 0.05) is 18.6 Å². The lowest BCUT2D eigenvalue weighted by molar-refractivity contribution is 0.0395. The molecule has 0 atom stereocenters. The predicted octanol–water partition coefficient (Wildman–Crippen LogP) is 2.50. The second kappa shape index (κ2) is 6.58. The van der Waals surface area contributed by atoms with Gasteiger partial charge in [-0.25, -0.2) is 4.79 Å². The number of benzene rings is 1. The van der Waals surface area contributed by atoms with E-state index in [0.717, 1.165) is 16.7 Å². The molecule has 2 aromatic heterocycles. The van der Waals surface area contributed by atoms with Crippen LogP contribution in [0.3, 0.4) is 0 Å². The summed E-state index contributed by atoms with van der Waals surface area (Å²) in [7, 11) is 1.96. The van der Waals surface area contributed by atoms with Crippen molar-refractivity contribution >= 4 is 16.9 Å². The number of nitrogens with zero attached hydrogens (tertiary/aromatic N) is 1. The van der Waals surface area contributed by atoms with Crippen molar-refractivity contribution in [1.29, 1.82) is 0 Å². The number of ether oxygens (including phenoxy) is 2. The minimum Gasteiger partial charge on any atom is -0.483 e. The monoisotopic (exact) mass is 315 g/mol. The fourth-order valence-corrected chi connectivity index (χ4v) is 2.36. The van der Waals surface area contributed by atoms with Gasteiger partial charge < -0.3 is 23.6 Å². The summed E-state index contributed by atoms with van der Waals surface area (Å²) in [6.07, 6.45) is 1.97. The molecule has 0 radical (unpaired) electrons. The van der Waals surface area contributed by atoms with Gasteiger partial charge in [0.05, 0.1) is 12.1 Å². The molecule has 1 N–H and O–H groups in total. The first-order valence-electron chi connectivity index (χ1n) is 7.22. The Morgan fingerprint density at radius 2 is 2.13 bits per heavy atom. The minimum absolute atomic E-state index is 0.0547. The van der Waals surface area contributed by atoms with Crippen LogP contribution in [0.5, 0.6) is 5.75 Å². The van der Waals surface area contributed by atoms with Crippen molar-refractivity contribution in [2.75, 3.05) is 13.2 Å². The number of esters is 1. The van der Waals surface area contributed by atoms with Crippen LogP contribution in [0.15, 0.2) is 47.0 Å². The van der Waals surface area contributed by atoms with Crippen LogP contribution in [0.4, 0.5) is 0 Å². The molecule has 0 aliphatic heterocycles. The highest BCUT2D eigenvalue weighted by atomic mass is 16.6. The molecule has 23 heavy (non-hydrogen) atoms. The number of hydrogen-bond acceptors (Lipinski definition) is 5. The summed E-state index contributed by atoms with van der Waals surface area (Å²) in [6, 6.07) is 11.1. The molecule has 120 valence electrons. The van der Waals surface area contributed by atoms with E-state index in [1.807, 2.05) is 42.1 Å². The third-order valence-electron chi connectivity index (χ3n) is 3.42. The first kappa shape index (κ1) is 15.2. The maximum absolute atomic E-state index is 11.6. The van der Waals surface area contributed by atoms with Crippen molar-refractivity contribution in [2.45, 2.75) is 6.61 Å². The molecule has 3 aromatic rings. The standard InChI is InChI=1S/C17H17NO5/c1-18-8-7-12-3-2-4-14(16(12)18)22-11-13-5-6-15(23-13)17(20)21-10-9-19/h2-8,19H,9-11H2,1H3. The summed E-state index contributed by atoms with van der Waals surface area (Å²) < 4.78 is 18.0. The van der Waals surface area contributed by atoms with Crippen LogP contribution in [-0.4, -0.2) is 28.9 Å². The molecule has 0 bridgehead atoms. The van der Waals surface area contributed by atoms with Crippen LogP contribution in [0.1, 0.15) is 16.3 Å². The minimum atomic E-state index is -0.602. The van der Waals surface area contributed by atoms with Gasteiger partial charge in [0.15, 0.2) is 0 Å². The second-order valence-corrected chi connectivity index (χ2v) is 5.03. The van der Waals surface area contributed by atoms with Gasteiger partial charge in [-0.2, -0.15) is 0 Å². The summed E-state index contributed by atoms with van der Waals surface area (Å²) in [6.45, 7) is -0.0679. The maximum atomic E-state index is 11.6. The Balaban J connectivity index is 1.70. The number of para-hydroxylation sites is 1. The predicted molar refractivity (Wildman–Crippen MR) is 83.3 cm³/mol. The second-order valence-electron chi connectivity index (χ2n) is 5.03. The number of aliphatic hydroxyl groups excluding tert-OH is 1. The highest BCUT2D eigenvalue weighted by Gasteiger charge is 2.13. The van der Waals surface area contributed by atoms with Gasteiger partial charge in [-0.15, -0.1) is 0 Å². The van der Waals surface area contributed by atoms with E-state index in [9.17, 15) is 4.79 Å². The van der Waals surface area contributed by atoms with Gasteiger partial charge in [-0.3, -0.25) is 0 Å². The lowest BCUT2D eigenvalue weighted by atomic mass is 10.2. The topological polar surface area (TPSA) is 73.8 Å². The average Bonchev–Trinajstić information content (AvgIpc) is 3.18. The van der Waals surface area contributed by atoms with Gasteiger partial charge in [-0.1, -0.05) is 12.1 Å². The molecule has 0 saturated carbocycles. The third kappa shape index (κ3) is 3.22. The number of aromatic nitrogens is 1. The van der Waals surface area contributed by atoms with Crippen LogP contribution < -0.4 is 4.74 Å². The normalized spacial score (nSPS) is 10.9. The van der Waals surface area contributed by atoms with Gasteiger partial charge in [0.2, 0.25) is 5.76 Å². The number of fused-ring (bicyclic) bond motifs is 1. The Hall–Kier alpha value is -2.73. The molecule has 0 saturated heterocycles. The Bertz CT molecular complexity index is 817. The fraction of sp³-hybridized carbons (Fsp3) is 0.235. The summed E-state index contributed by atoms with van der Waals surface area (Å²) in [5, 5.41) is 9.73. The Labute approximate surface area is 132 Å². The van der Waals surface area contributed by atoms with Crippen molar-refractivity contribution < 1.29 is 23.8 Å². The first-order valence-corrected chi connectivity index (χ1v) is 7.22. The first-order chi connectivity index (χ1) is 11.2. The van der Waals surface area contributed by atoms with Crippen LogP contribution in [0, 0.1) is 0 Å². The summed E-state index contributed by atoms with van der Waals surface area (Å²) >= 11 is 0. The smallest absolute Gasteiger partial charge is 0.374 e. The molecule has 0 unspecified atom stereocenters. The van der Waals surface area contributed by atoms with E-state index in [4.69, 9.17) is 19.0 Å². The molecule has 6 nitrogen and oxygen atoms in total. The lowest BCUT2D eigenvalue weighted by Gasteiger charge is -2.07. The zero-order valence-corrected chi connectivity index (χ0v) is 12.7. The van der Waals surface area contributed by atoms with Crippen molar-refractivity contribution in [1.82, 2.24) is 4.57 Å². The molecule has 0 aliphatic rings. The van der Waals surface area contributed by atoms with E-state index in [2.05, 4.69) is 0 Å². The van der Waals surface area contributed by atoms with Crippen LogP contribution in [0.2, 0.25) is 0 Å². The Morgan fingerprint density at radius 1 is 1.26 bits per heavy atom. The lowest BCUT2D eigenvalue weighted by Crippen LogP contribution is -2.07. The number of aliphatic hydroxyl groups is 1. The number of hydrogen-bond donors (Lipinski definition) is 1. The van der Waals surface area contributed by atoms with Crippen LogP contribution >= 0.6 is 0 Å². The molecule has 0 spiro atoms. The van der Waals surface area contributed by atoms with Crippen molar-refractivity contribution in [3.05, 3.63) is 54.1 Å². The molecular weight excluding hydrogens is 298 g/mol. The summed E-state index contributed by atoms with van der Waals surface area (Å²) in [5.74, 6) is 0.756. The molecule has 3 rings (SSSR count). The number of carbonyl (C=O) groups is 1. The summed E-state index contributed by atoms with van der Waals surface area (Å²) in [5.41, 5.74) is 1.00. The van der Waals surface area contributed by atoms with Crippen LogP contribution in [-0.2, 0) is 18.4 Å². The zero-order chi connectivity index (χ0) is 16.2. The molecule has 1 aromatic carbocycles. The number of rotatable bonds is 6. The SMILES string of the molecule is Cn1ccc2cccc(OCc3ccc(C(=O)OCCO)o3)c21. The third-order valence-corrected chi connectivity index (χ3v) is 3.42. The van der Waals surface area contributed by atoms with E-state index in [1.165, 1.54) is 6.07 Å². The highest BCUT2D eigenvalue weighted by molar-refractivity contribution is 5.86. The van der Waals surface area contributed by atoms with Crippen LogP contribution in [0.25, 0.3) is 10.9 Å². The highest BCUT2D eigenvalue weighted by Crippen LogP contribution is 2.26. The maximum Gasteiger partial charge on any atom is 0.374 e. The van der Waals surface area contributed by atoms with Crippen molar-refractivity contribution in [3.8, 4) is 5.75 Å². The molecule has 0 fully saturated rings. The Kier molecular flexibility index (Phi) is 4.34. The molecule has 0 aliphatic carbocycles. The van der Waals surface area contributed by atoms with Gasteiger partial charge >= 0.3 is 5.97 Å². The Morgan fingerprint density at radius 3 is 2.96 bits per heavy atom. The number of aryl methyl sites for hydroxylation is 1. The van der Waals surface area contributed by atoms with E-state index >= 15 is 0 Å². The van der Waals surface area contributed by atoms with E-state index < -0.39 is 5.97 Å². The molecule has 2 heterocycles. The number of carbonyl (C=O) groups excluding carboxylic acids is 1. The van der Waals surface area contributed by atoms with Gasteiger partial charge in [0.1, 0.15) is 24.7 Å². The van der Waals surface area contributed by atoms with Gasteiger partial charge in [0.25, 0.3) is 0 Å². The fourth-order valence-electron chi connectivity index (χ4n) is 2.36. The molecule has 6 heteroatoms. The van der Waals surface area contributed by atoms with Gasteiger partial charge in [-0.05, 0) is 24.3 Å². The molecule has 0 amide bonds. The van der Waals surface area contributed by atoms with Crippen molar-refractivity contribution in [2.24, 2.45) is 7.05 Å². The largest absolute Gasteiger partial charge is 0.483 e. The quantitative estimate of drug-likeness (QED) is 0.708. The average molecular weight is 315 g/mol. The van der Waals surface area contributed by atoms with E-state index in [0.29, 0.717) is 5.76 Å². The number of furan rings is 1. The van der Waals surface area contributed by atoms with E-state index in [-0.39, 0.29) is 25.6 Å². The van der Waals surface area contributed by atoms with E-state index in [1.54, 1.807) is 6.07 Å². The molecular formula is C17H17NO5. The summed E-state index contributed by atoms with van der Waals surface area (Å²) in [4.78, 5) is 11.6. The van der Waals surface area contributed by atoms with Crippen molar-refractivity contribution in [3.63, 3.8) is 0 Å². The zero-order valence-electron chi connectivity index (χ0n) is 12.7.